The topological polar surface area (TPSA) is 133 Å². The van der Waals surface area contributed by atoms with Gasteiger partial charge in [0.2, 0.25) is 0 Å². The molecule has 5 atom stereocenters. The first-order chi connectivity index (χ1) is 22.9. The van der Waals surface area contributed by atoms with Crippen molar-refractivity contribution in [3.05, 3.63) is 24.3 Å². The quantitative estimate of drug-likeness (QED) is 0.0299. The van der Waals surface area contributed by atoms with Crippen LogP contribution < -0.4 is 11.5 Å². The van der Waals surface area contributed by atoms with Crippen molar-refractivity contribution in [3.8, 4) is 0 Å². The summed E-state index contributed by atoms with van der Waals surface area (Å²) in [6, 6.07) is -1.13. The average Bonchev–Trinajstić information content (AvgIpc) is 3.08. The van der Waals surface area contributed by atoms with Gasteiger partial charge in [-0.2, -0.15) is 0 Å². The van der Waals surface area contributed by atoms with Gasteiger partial charge in [-0.25, -0.2) is 0 Å². The van der Waals surface area contributed by atoms with Crippen molar-refractivity contribution in [2.24, 2.45) is 17.4 Å². The Morgan fingerprint density at radius 3 is 1.15 bits per heavy atom. The molecule has 0 rings (SSSR count). The summed E-state index contributed by atoms with van der Waals surface area (Å²) in [5.74, 6) is 0.538. The molecule has 0 aliphatic heterocycles. The van der Waals surface area contributed by atoms with Crippen molar-refractivity contribution >= 4 is 0 Å². The van der Waals surface area contributed by atoms with Gasteiger partial charge in [0.25, 0.3) is 0 Å². The van der Waals surface area contributed by atoms with Crippen LogP contribution in [0.2, 0.25) is 0 Å². The molecule has 5 unspecified atom stereocenters. The van der Waals surface area contributed by atoms with Gasteiger partial charge in [0.05, 0.1) is 37.5 Å². The van der Waals surface area contributed by atoms with Crippen LogP contribution in [-0.2, 0) is 0 Å². The molecule has 0 heterocycles. The van der Waals surface area contributed by atoms with Crippen LogP contribution in [0, 0.1) is 5.92 Å². The molecule has 0 aromatic heterocycles. The van der Waals surface area contributed by atoms with Crippen molar-refractivity contribution in [1.82, 2.24) is 0 Å². The van der Waals surface area contributed by atoms with Crippen LogP contribution in [0.25, 0.3) is 0 Å². The Labute approximate surface area is 293 Å². The van der Waals surface area contributed by atoms with E-state index >= 15 is 0 Å². The highest BCUT2D eigenvalue weighted by atomic mass is 16.3. The molecule has 0 aromatic carbocycles. The van der Waals surface area contributed by atoms with Gasteiger partial charge in [-0.1, -0.05) is 193 Å². The zero-order valence-electron chi connectivity index (χ0n) is 31.6. The van der Waals surface area contributed by atoms with Gasteiger partial charge in [-0.15, -0.1) is 0 Å². The molecular formula is C41H84N2O4. The number of nitrogens with two attached hydrogens (primary N) is 2. The number of hydrogen-bond donors (Lipinski definition) is 6. The molecule has 6 nitrogen and oxygen atoms in total. The largest absolute Gasteiger partial charge is 0.395 e. The lowest BCUT2D eigenvalue weighted by Gasteiger charge is -2.16. The maximum absolute atomic E-state index is 9.91. The third-order valence-corrected chi connectivity index (χ3v) is 9.29. The van der Waals surface area contributed by atoms with E-state index in [1.54, 1.807) is 12.2 Å². The average molecular weight is 669 g/mol. The van der Waals surface area contributed by atoms with E-state index in [9.17, 15) is 10.2 Å². The fourth-order valence-electron chi connectivity index (χ4n) is 5.82. The standard InChI is InChI=1S/C23H47NO2.C18H37NO2/c1-3-5-7-8-9-10-11-12-13-15-17-21(16-14-6-4-2)18-19-23(26)22(24)20-25;1-2-3-4-5-6-7-8-9-10-11-12-13-14-15-18(21)17(19)16-20/h18-19,21-23,25-26H,3-17,20,24H2,1-2H3;14-15,17-18,20-21H,2-13,16,19H2,1H3/b19-18+;15-14+. The van der Waals surface area contributed by atoms with Crippen LogP contribution >= 0.6 is 0 Å². The monoisotopic (exact) mass is 669 g/mol. The molecule has 0 saturated carbocycles. The fraction of sp³-hybridized carbons (Fsp3) is 0.902. The molecule has 282 valence electrons. The zero-order chi connectivity index (χ0) is 35.2. The van der Waals surface area contributed by atoms with E-state index in [2.05, 4.69) is 26.8 Å². The molecular weight excluding hydrogens is 584 g/mol. The molecule has 6 heteroatoms. The van der Waals surface area contributed by atoms with Gasteiger partial charge in [0.1, 0.15) is 0 Å². The summed E-state index contributed by atoms with van der Waals surface area (Å²) in [6.45, 7) is 6.41. The lowest BCUT2D eigenvalue weighted by Crippen LogP contribution is -2.36. The molecule has 8 N–H and O–H groups in total. The van der Waals surface area contributed by atoms with Crippen LogP contribution in [-0.4, -0.2) is 57.9 Å². The molecule has 0 fully saturated rings. The number of aliphatic hydroxyl groups excluding tert-OH is 4. The predicted octanol–water partition coefficient (Wildman–Crippen LogP) is 9.65. The second kappa shape index (κ2) is 39.7. The highest BCUT2D eigenvalue weighted by Gasteiger charge is 2.12. The van der Waals surface area contributed by atoms with E-state index < -0.39 is 24.3 Å². The summed E-state index contributed by atoms with van der Waals surface area (Å²) in [5, 5.41) is 37.3. The van der Waals surface area contributed by atoms with E-state index in [4.69, 9.17) is 21.7 Å². The van der Waals surface area contributed by atoms with E-state index in [-0.39, 0.29) is 13.2 Å². The Hall–Kier alpha value is -0.760. The van der Waals surface area contributed by atoms with Gasteiger partial charge in [-0.3, -0.25) is 0 Å². The van der Waals surface area contributed by atoms with Crippen LogP contribution in [0.15, 0.2) is 24.3 Å². The normalized spacial score (nSPS) is 15.1. The third-order valence-electron chi connectivity index (χ3n) is 9.29. The highest BCUT2D eigenvalue weighted by Crippen LogP contribution is 2.20. The Morgan fingerprint density at radius 2 is 0.745 bits per heavy atom. The van der Waals surface area contributed by atoms with Crippen LogP contribution in [0.4, 0.5) is 0 Å². The molecule has 0 amide bonds. The lowest BCUT2D eigenvalue weighted by atomic mass is 9.93. The fourth-order valence-corrected chi connectivity index (χ4v) is 5.82. The SMILES string of the molecule is CCCCCCCCCCCCC(/C=C/C(O)C(N)CO)CCCCC.CCCCCCCCCCCCC/C=C/C(O)C(N)CO. The van der Waals surface area contributed by atoms with Gasteiger partial charge in [0, 0.05) is 0 Å². The maximum Gasteiger partial charge on any atom is 0.0894 e. The van der Waals surface area contributed by atoms with Crippen molar-refractivity contribution in [2.75, 3.05) is 13.2 Å². The highest BCUT2D eigenvalue weighted by molar-refractivity contribution is 4.97. The van der Waals surface area contributed by atoms with Gasteiger partial charge >= 0.3 is 0 Å². The smallest absolute Gasteiger partial charge is 0.0894 e. The van der Waals surface area contributed by atoms with Crippen LogP contribution in [0.3, 0.4) is 0 Å². The summed E-state index contributed by atoms with van der Waals surface area (Å²) in [4.78, 5) is 0. The summed E-state index contributed by atoms with van der Waals surface area (Å²) in [6.07, 6.45) is 41.9. The van der Waals surface area contributed by atoms with Gasteiger partial charge in [0.15, 0.2) is 0 Å². The minimum atomic E-state index is -0.735. The van der Waals surface area contributed by atoms with Crippen LogP contribution in [0.5, 0.6) is 0 Å². The number of aliphatic hydroxyl groups is 4. The second-order valence-corrected chi connectivity index (χ2v) is 14.0. The molecule has 0 bridgehead atoms. The molecule has 0 radical (unpaired) electrons. The number of allylic oxidation sites excluding steroid dienone is 2. The van der Waals surface area contributed by atoms with Gasteiger partial charge in [-0.05, 0) is 31.6 Å². The van der Waals surface area contributed by atoms with Crippen molar-refractivity contribution in [2.45, 2.75) is 218 Å². The summed E-state index contributed by atoms with van der Waals surface area (Å²) in [7, 11) is 0. The van der Waals surface area contributed by atoms with Crippen LogP contribution in [0.1, 0.15) is 194 Å². The Morgan fingerprint density at radius 1 is 0.426 bits per heavy atom. The molecule has 0 saturated heterocycles. The lowest BCUT2D eigenvalue weighted by molar-refractivity contribution is 0.143. The van der Waals surface area contributed by atoms with Gasteiger partial charge < -0.3 is 31.9 Å². The Balaban J connectivity index is 0. The Kier molecular flexibility index (Phi) is 40.8. The zero-order valence-corrected chi connectivity index (χ0v) is 31.6. The molecule has 0 aliphatic rings. The van der Waals surface area contributed by atoms with Crippen molar-refractivity contribution in [3.63, 3.8) is 0 Å². The predicted molar refractivity (Wildman–Crippen MR) is 206 cm³/mol. The van der Waals surface area contributed by atoms with Crippen molar-refractivity contribution in [1.29, 1.82) is 0 Å². The minimum Gasteiger partial charge on any atom is -0.395 e. The number of rotatable bonds is 34. The number of unbranched alkanes of at least 4 members (excludes halogenated alkanes) is 22. The van der Waals surface area contributed by atoms with E-state index in [0.29, 0.717) is 5.92 Å². The van der Waals surface area contributed by atoms with E-state index in [1.807, 2.05) is 6.08 Å². The Bertz CT molecular complexity index is 645. The summed E-state index contributed by atoms with van der Waals surface area (Å²) in [5.41, 5.74) is 11.2. The minimum absolute atomic E-state index is 0.176. The maximum atomic E-state index is 9.91. The second-order valence-electron chi connectivity index (χ2n) is 14.0. The molecule has 47 heavy (non-hydrogen) atoms. The first-order valence-corrected chi connectivity index (χ1v) is 20.3. The van der Waals surface area contributed by atoms with E-state index in [0.717, 1.165) is 6.42 Å². The first kappa shape index (κ1) is 48.4. The number of hydrogen-bond acceptors (Lipinski definition) is 6. The molecule has 0 aromatic rings. The van der Waals surface area contributed by atoms with Crippen molar-refractivity contribution < 1.29 is 20.4 Å². The third kappa shape index (κ3) is 36.3. The van der Waals surface area contributed by atoms with E-state index in [1.165, 1.54) is 167 Å². The summed E-state index contributed by atoms with van der Waals surface area (Å²) < 4.78 is 0. The summed E-state index contributed by atoms with van der Waals surface area (Å²) >= 11 is 0. The molecule has 0 aliphatic carbocycles. The first-order valence-electron chi connectivity index (χ1n) is 20.3. The molecule has 0 spiro atoms.